The molecular formula is C18H18ClFN4O3. The summed E-state index contributed by atoms with van der Waals surface area (Å²) in [6.45, 7) is 1.44. The molecule has 27 heavy (non-hydrogen) atoms. The second-order valence-electron chi connectivity index (χ2n) is 6.76. The van der Waals surface area contributed by atoms with Crippen LogP contribution in [0.1, 0.15) is 26.5 Å². The number of benzene rings is 1. The van der Waals surface area contributed by atoms with E-state index >= 15 is 0 Å². The van der Waals surface area contributed by atoms with Crippen molar-refractivity contribution in [3.8, 4) is 0 Å². The third kappa shape index (κ3) is 3.42. The van der Waals surface area contributed by atoms with Gasteiger partial charge in [-0.25, -0.2) is 4.39 Å². The zero-order valence-corrected chi connectivity index (χ0v) is 15.3. The Bertz CT molecular complexity index is 906. The second kappa shape index (κ2) is 6.94. The van der Waals surface area contributed by atoms with Crippen LogP contribution >= 0.6 is 11.6 Å². The summed E-state index contributed by atoms with van der Waals surface area (Å²) in [6, 6.07) is 5.91. The SMILES string of the molecule is CNC(=O)c1cc(C(=O)NC2C3COCC32)n(Cc2ccc(Cl)c(F)c2)n1. The minimum Gasteiger partial charge on any atom is -0.381 e. The Morgan fingerprint density at radius 2 is 2.04 bits per heavy atom. The van der Waals surface area contributed by atoms with E-state index in [4.69, 9.17) is 16.3 Å². The molecule has 0 spiro atoms. The van der Waals surface area contributed by atoms with Gasteiger partial charge in [0.1, 0.15) is 11.5 Å². The van der Waals surface area contributed by atoms with Crippen molar-refractivity contribution in [1.82, 2.24) is 20.4 Å². The minimum atomic E-state index is -0.551. The Balaban J connectivity index is 1.58. The fourth-order valence-corrected chi connectivity index (χ4v) is 3.57. The van der Waals surface area contributed by atoms with E-state index < -0.39 is 11.7 Å². The van der Waals surface area contributed by atoms with E-state index in [1.165, 1.54) is 29.9 Å². The lowest BCUT2D eigenvalue weighted by atomic mass is 10.2. The van der Waals surface area contributed by atoms with Crippen molar-refractivity contribution in [3.05, 3.63) is 52.1 Å². The number of aromatic nitrogens is 2. The Labute approximate surface area is 159 Å². The van der Waals surface area contributed by atoms with Crippen LogP contribution < -0.4 is 10.6 Å². The first-order valence-corrected chi connectivity index (χ1v) is 8.98. The van der Waals surface area contributed by atoms with Gasteiger partial charge in [-0.3, -0.25) is 14.3 Å². The number of fused-ring (bicyclic) bond motifs is 1. The Kier molecular flexibility index (Phi) is 4.61. The van der Waals surface area contributed by atoms with Gasteiger partial charge in [-0.15, -0.1) is 0 Å². The second-order valence-corrected chi connectivity index (χ2v) is 7.17. The van der Waals surface area contributed by atoms with E-state index in [9.17, 15) is 14.0 Å². The lowest BCUT2D eigenvalue weighted by molar-refractivity contribution is 0.0917. The van der Waals surface area contributed by atoms with Crippen molar-refractivity contribution in [1.29, 1.82) is 0 Å². The average Bonchev–Trinajstić information content (AvgIpc) is 3.04. The molecule has 2 atom stereocenters. The van der Waals surface area contributed by atoms with Crippen LogP contribution in [0, 0.1) is 17.7 Å². The molecule has 1 saturated carbocycles. The van der Waals surface area contributed by atoms with Gasteiger partial charge in [0, 0.05) is 31.0 Å². The van der Waals surface area contributed by atoms with Gasteiger partial charge in [0.15, 0.2) is 5.69 Å². The molecular weight excluding hydrogens is 375 g/mol. The maximum absolute atomic E-state index is 13.7. The van der Waals surface area contributed by atoms with Gasteiger partial charge in [-0.2, -0.15) is 5.10 Å². The van der Waals surface area contributed by atoms with Crippen molar-refractivity contribution in [2.45, 2.75) is 12.6 Å². The highest BCUT2D eigenvalue weighted by Gasteiger charge is 2.54. The maximum Gasteiger partial charge on any atom is 0.271 e. The molecule has 2 amide bonds. The number of nitrogens with zero attached hydrogens (tertiary/aromatic N) is 2. The molecule has 0 bridgehead atoms. The number of amides is 2. The van der Waals surface area contributed by atoms with Crippen LogP contribution in [0.25, 0.3) is 0 Å². The van der Waals surface area contributed by atoms with Crippen LogP contribution in [0.3, 0.4) is 0 Å². The molecule has 1 aliphatic carbocycles. The van der Waals surface area contributed by atoms with Crippen LogP contribution in [0.4, 0.5) is 4.39 Å². The molecule has 2 N–H and O–H groups in total. The number of carbonyl (C=O) groups is 2. The van der Waals surface area contributed by atoms with Crippen molar-refractivity contribution >= 4 is 23.4 Å². The number of nitrogens with one attached hydrogen (secondary N) is 2. The lowest BCUT2D eigenvalue weighted by Crippen LogP contribution is -2.31. The summed E-state index contributed by atoms with van der Waals surface area (Å²) in [5.41, 5.74) is 0.945. The maximum atomic E-state index is 13.7. The molecule has 4 rings (SSSR count). The molecule has 142 valence electrons. The topological polar surface area (TPSA) is 85.3 Å². The monoisotopic (exact) mass is 392 g/mol. The fourth-order valence-electron chi connectivity index (χ4n) is 3.45. The molecule has 2 aromatic rings. The smallest absolute Gasteiger partial charge is 0.271 e. The number of hydrogen-bond donors (Lipinski definition) is 2. The number of ether oxygens (including phenoxy) is 1. The van der Waals surface area contributed by atoms with E-state index in [1.54, 1.807) is 6.07 Å². The predicted molar refractivity (Wildman–Crippen MR) is 95.2 cm³/mol. The molecule has 9 heteroatoms. The van der Waals surface area contributed by atoms with E-state index in [1.807, 2.05) is 0 Å². The molecule has 2 fully saturated rings. The summed E-state index contributed by atoms with van der Waals surface area (Å²) < 4.78 is 20.5. The summed E-state index contributed by atoms with van der Waals surface area (Å²) in [5.74, 6) is -0.555. The van der Waals surface area contributed by atoms with Gasteiger partial charge in [0.25, 0.3) is 11.8 Å². The molecule has 2 heterocycles. The van der Waals surface area contributed by atoms with Gasteiger partial charge in [0.05, 0.1) is 24.8 Å². The summed E-state index contributed by atoms with van der Waals surface area (Å²) >= 11 is 5.72. The zero-order valence-electron chi connectivity index (χ0n) is 14.5. The highest BCUT2D eigenvalue weighted by atomic mass is 35.5. The molecule has 1 saturated heterocycles. The van der Waals surface area contributed by atoms with E-state index in [0.717, 1.165) is 0 Å². The molecule has 1 aliphatic heterocycles. The number of halogens is 2. The fraction of sp³-hybridized carbons (Fsp3) is 0.389. The van der Waals surface area contributed by atoms with Gasteiger partial charge in [-0.1, -0.05) is 17.7 Å². The number of rotatable bonds is 5. The number of hydrogen-bond acceptors (Lipinski definition) is 4. The molecule has 7 nitrogen and oxygen atoms in total. The third-order valence-corrected chi connectivity index (χ3v) is 5.35. The van der Waals surface area contributed by atoms with Crippen LogP contribution in [0.15, 0.2) is 24.3 Å². The third-order valence-electron chi connectivity index (χ3n) is 5.04. The summed E-state index contributed by atoms with van der Waals surface area (Å²) in [7, 11) is 1.49. The molecule has 2 aliphatic rings. The minimum absolute atomic E-state index is 0.0192. The number of carbonyl (C=O) groups excluding carboxylic acids is 2. The summed E-state index contributed by atoms with van der Waals surface area (Å²) in [6.07, 6.45) is 0. The van der Waals surface area contributed by atoms with Gasteiger partial charge >= 0.3 is 0 Å². The lowest BCUT2D eigenvalue weighted by Gasteiger charge is -2.10. The first-order chi connectivity index (χ1) is 13.0. The zero-order chi connectivity index (χ0) is 19.1. The van der Waals surface area contributed by atoms with Gasteiger partial charge in [0.2, 0.25) is 0 Å². The first kappa shape index (κ1) is 17.9. The van der Waals surface area contributed by atoms with E-state index in [2.05, 4.69) is 15.7 Å². The Morgan fingerprint density at radius 3 is 2.70 bits per heavy atom. The van der Waals surface area contributed by atoms with E-state index in [0.29, 0.717) is 30.6 Å². The van der Waals surface area contributed by atoms with Gasteiger partial charge in [-0.05, 0) is 17.7 Å². The normalized spacial score (nSPS) is 23.0. The van der Waals surface area contributed by atoms with Crippen molar-refractivity contribution in [3.63, 3.8) is 0 Å². The van der Waals surface area contributed by atoms with Crippen LogP contribution in [0.5, 0.6) is 0 Å². The highest BCUT2D eigenvalue weighted by Crippen LogP contribution is 2.44. The van der Waals surface area contributed by atoms with Crippen molar-refractivity contribution < 1.29 is 18.7 Å². The Hall–Kier alpha value is -2.45. The average molecular weight is 393 g/mol. The summed E-state index contributed by atoms with van der Waals surface area (Å²) in [5, 5.41) is 9.70. The van der Waals surface area contributed by atoms with Crippen molar-refractivity contribution in [2.75, 3.05) is 20.3 Å². The largest absolute Gasteiger partial charge is 0.381 e. The highest BCUT2D eigenvalue weighted by molar-refractivity contribution is 6.30. The molecule has 1 aromatic heterocycles. The standard InChI is InChI=1S/C18H18ClFN4O3/c1-21-17(25)14-5-15(18(26)22-16-10-7-27-8-11(10)16)24(23-14)6-9-2-3-12(19)13(20)4-9/h2-5,10-11,16H,6-8H2,1H3,(H,21,25)(H,22,26). The quantitative estimate of drug-likeness (QED) is 0.806. The van der Waals surface area contributed by atoms with Crippen molar-refractivity contribution in [2.24, 2.45) is 11.8 Å². The molecule has 1 aromatic carbocycles. The molecule has 0 radical (unpaired) electrons. The first-order valence-electron chi connectivity index (χ1n) is 8.60. The Morgan fingerprint density at radius 1 is 1.30 bits per heavy atom. The van der Waals surface area contributed by atoms with Gasteiger partial charge < -0.3 is 15.4 Å². The summed E-state index contributed by atoms with van der Waals surface area (Å²) in [4.78, 5) is 24.7. The van der Waals surface area contributed by atoms with Crippen LogP contribution in [0.2, 0.25) is 5.02 Å². The van der Waals surface area contributed by atoms with Crippen LogP contribution in [-0.2, 0) is 11.3 Å². The van der Waals surface area contributed by atoms with Crippen LogP contribution in [-0.4, -0.2) is 47.9 Å². The molecule has 2 unspecified atom stereocenters. The predicted octanol–water partition coefficient (Wildman–Crippen LogP) is 1.46. The van der Waals surface area contributed by atoms with E-state index in [-0.39, 0.29) is 34.9 Å².